The van der Waals surface area contributed by atoms with Gasteiger partial charge in [-0.05, 0) is 44.2 Å². The van der Waals surface area contributed by atoms with E-state index in [9.17, 15) is 28.1 Å². The zero-order valence-electron chi connectivity index (χ0n) is 20.2. The summed E-state index contributed by atoms with van der Waals surface area (Å²) in [5.74, 6) is -0.560. The summed E-state index contributed by atoms with van der Waals surface area (Å²) in [7, 11) is -3.81. The van der Waals surface area contributed by atoms with Gasteiger partial charge in [-0.15, -0.1) is 0 Å². The fourth-order valence-electron chi connectivity index (χ4n) is 3.96. The van der Waals surface area contributed by atoms with Crippen LogP contribution >= 0.6 is 11.3 Å². The quantitative estimate of drug-likeness (QED) is 0.341. The van der Waals surface area contributed by atoms with Crippen molar-refractivity contribution >= 4 is 49.3 Å². The number of piperazine rings is 1. The Morgan fingerprint density at radius 3 is 2.35 bits per heavy atom. The predicted molar refractivity (Wildman–Crippen MR) is 136 cm³/mol. The number of non-ortho nitro benzene ring substituents is 1. The van der Waals surface area contributed by atoms with Crippen molar-refractivity contribution < 1.29 is 27.7 Å². The molecule has 1 saturated heterocycles. The van der Waals surface area contributed by atoms with Gasteiger partial charge in [-0.25, -0.2) is 13.2 Å². The first-order chi connectivity index (χ1) is 17.6. The third-order valence-electron chi connectivity index (χ3n) is 5.89. The second-order valence-electron chi connectivity index (χ2n) is 8.07. The number of fused-ring (bicyclic) bond motifs is 1. The number of sulfonamides is 1. The van der Waals surface area contributed by atoms with Crippen LogP contribution in [0.1, 0.15) is 24.2 Å². The number of aryl methyl sites for hydroxylation is 1. The van der Waals surface area contributed by atoms with E-state index in [0.29, 0.717) is 16.0 Å². The first-order valence-corrected chi connectivity index (χ1v) is 13.8. The van der Waals surface area contributed by atoms with E-state index in [1.165, 1.54) is 56.9 Å². The molecule has 0 N–H and O–H groups in total. The predicted octanol–water partition coefficient (Wildman–Crippen LogP) is 2.83. The highest BCUT2D eigenvalue weighted by Crippen LogP contribution is 2.24. The fraction of sp³-hybridized carbons (Fsp3) is 0.348. The van der Waals surface area contributed by atoms with Crippen LogP contribution in [0.3, 0.4) is 0 Å². The monoisotopic (exact) mass is 547 g/mol. The van der Waals surface area contributed by atoms with E-state index < -0.39 is 26.9 Å². The van der Waals surface area contributed by atoms with Crippen molar-refractivity contribution in [1.29, 1.82) is 0 Å². The summed E-state index contributed by atoms with van der Waals surface area (Å²) in [6, 6.07) is 10.0. The molecule has 0 atom stereocenters. The molecule has 0 bridgehead atoms. The highest BCUT2D eigenvalue weighted by atomic mass is 32.2. The maximum absolute atomic E-state index is 13.1. The molecule has 2 amide bonds. The fourth-order valence-corrected chi connectivity index (χ4v) is 6.51. The van der Waals surface area contributed by atoms with Gasteiger partial charge in [0.15, 0.2) is 4.80 Å². The molecule has 4 rings (SSSR count). The van der Waals surface area contributed by atoms with E-state index in [0.717, 1.165) is 5.52 Å². The molecule has 0 spiro atoms. The molecule has 0 aliphatic carbocycles. The maximum Gasteiger partial charge on any atom is 0.409 e. The summed E-state index contributed by atoms with van der Waals surface area (Å²) in [5, 5.41) is 11.1. The van der Waals surface area contributed by atoms with Gasteiger partial charge in [0.1, 0.15) is 0 Å². The van der Waals surface area contributed by atoms with Gasteiger partial charge >= 0.3 is 6.09 Å². The van der Waals surface area contributed by atoms with E-state index in [1.54, 1.807) is 17.6 Å². The van der Waals surface area contributed by atoms with Crippen molar-refractivity contribution in [3.05, 3.63) is 62.9 Å². The van der Waals surface area contributed by atoms with E-state index in [2.05, 4.69) is 4.99 Å². The first kappa shape index (κ1) is 26.4. The third-order valence-corrected chi connectivity index (χ3v) is 8.85. The van der Waals surface area contributed by atoms with Gasteiger partial charge in [-0.1, -0.05) is 11.3 Å². The SMILES string of the molecule is CCOC(=O)N1CCN(S(=O)(=O)c2ccc(C(=O)N=c3sc4cc([N+](=O)[O-])ccc4n3CC)cc2)CC1. The van der Waals surface area contributed by atoms with Crippen LogP contribution in [0.25, 0.3) is 10.2 Å². The topological polar surface area (TPSA) is 144 Å². The number of nitro groups is 1. The van der Waals surface area contributed by atoms with Crippen molar-refractivity contribution in [3.63, 3.8) is 0 Å². The molecule has 14 heteroatoms. The summed E-state index contributed by atoms with van der Waals surface area (Å²) in [5.41, 5.74) is 0.889. The first-order valence-electron chi connectivity index (χ1n) is 11.5. The molecule has 0 radical (unpaired) electrons. The molecule has 3 aromatic rings. The van der Waals surface area contributed by atoms with Gasteiger partial charge in [0.05, 0.1) is 26.6 Å². The zero-order valence-corrected chi connectivity index (χ0v) is 21.8. The third kappa shape index (κ3) is 5.40. The van der Waals surface area contributed by atoms with Crippen molar-refractivity contribution in [2.45, 2.75) is 25.3 Å². The number of carbonyl (C=O) groups is 2. The van der Waals surface area contributed by atoms with Gasteiger partial charge < -0.3 is 14.2 Å². The number of aromatic nitrogens is 1. The van der Waals surface area contributed by atoms with Crippen LogP contribution in [0.5, 0.6) is 0 Å². The van der Waals surface area contributed by atoms with Crippen LogP contribution < -0.4 is 4.80 Å². The molecular weight excluding hydrogens is 522 g/mol. The smallest absolute Gasteiger partial charge is 0.409 e. The number of thiazole rings is 1. The molecule has 2 aromatic carbocycles. The number of hydrogen-bond acceptors (Lipinski definition) is 8. The van der Waals surface area contributed by atoms with E-state index in [4.69, 9.17) is 4.74 Å². The molecular formula is C23H25N5O7S2. The van der Waals surface area contributed by atoms with Crippen molar-refractivity contribution in [2.24, 2.45) is 4.99 Å². The number of rotatable bonds is 6. The van der Waals surface area contributed by atoms with Crippen molar-refractivity contribution in [2.75, 3.05) is 32.8 Å². The number of benzene rings is 2. The van der Waals surface area contributed by atoms with Gasteiger partial charge in [0.2, 0.25) is 10.0 Å². The standard InChI is InChI=1S/C23H25N5O7S2/c1-3-27-19-10-7-17(28(31)32)15-20(19)36-22(27)24-21(29)16-5-8-18(9-6-16)37(33,34)26-13-11-25(12-14-26)23(30)35-4-2/h5-10,15H,3-4,11-14H2,1-2H3. The molecule has 12 nitrogen and oxygen atoms in total. The second kappa shape index (κ2) is 10.8. The molecule has 1 fully saturated rings. The lowest BCUT2D eigenvalue weighted by molar-refractivity contribution is -0.384. The van der Waals surface area contributed by atoms with Gasteiger partial charge in [0, 0.05) is 50.4 Å². The summed E-state index contributed by atoms with van der Waals surface area (Å²) in [6.07, 6.45) is -0.465. The van der Waals surface area contributed by atoms with Gasteiger partial charge in [-0.3, -0.25) is 14.9 Å². The lowest BCUT2D eigenvalue weighted by atomic mass is 10.2. The molecule has 0 unspecified atom stereocenters. The minimum absolute atomic E-state index is 0.0337. The molecule has 1 aliphatic rings. The van der Waals surface area contributed by atoms with Crippen LogP contribution in [0, 0.1) is 10.1 Å². The molecule has 2 heterocycles. The number of amides is 2. The van der Waals surface area contributed by atoms with Crippen molar-refractivity contribution in [1.82, 2.24) is 13.8 Å². The Kier molecular flexibility index (Phi) is 7.71. The summed E-state index contributed by atoms with van der Waals surface area (Å²) in [4.78, 5) is 41.4. The lowest BCUT2D eigenvalue weighted by Gasteiger charge is -2.33. The van der Waals surface area contributed by atoms with E-state index >= 15 is 0 Å². The van der Waals surface area contributed by atoms with E-state index in [1.807, 2.05) is 6.92 Å². The number of ether oxygens (including phenoxy) is 1. The van der Waals surface area contributed by atoms with Crippen LogP contribution in [-0.2, 0) is 21.3 Å². The Morgan fingerprint density at radius 2 is 1.76 bits per heavy atom. The summed E-state index contributed by atoms with van der Waals surface area (Å²) < 4.78 is 34.8. The zero-order chi connectivity index (χ0) is 26.7. The number of nitrogens with zero attached hydrogens (tertiary/aromatic N) is 5. The van der Waals surface area contributed by atoms with E-state index in [-0.39, 0.29) is 48.9 Å². The molecule has 0 saturated carbocycles. The molecule has 196 valence electrons. The average Bonchev–Trinajstić information content (AvgIpc) is 3.24. The Bertz CT molecular complexity index is 1520. The normalized spacial score (nSPS) is 15.2. The lowest BCUT2D eigenvalue weighted by Crippen LogP contribution is -2.50. The largest absolute Gasteiger partial charge is 0.450 e. The number of hydrogen-bond donors (Lipinski definition) is 0. The Morgan fingerprint density at radius 1 is 1.08 bits per heavy atom. The molecule has 37 heavy (non-hydrogen) atoms. The Balaban J connectivity index is 1.53. The van der Waals surface area contributed by atoms with Crippen molar-refractivity contribution in [3.8, 4) is 0 Å². The highest BCUT2D eigenvalue weighted by Gasteiger charge is 2.30. The minimum Gasteiger partial charge on any atom is -0.450 e. The van der Waals surface area contributed by atoms with Gasteiger partial charge in [-0.2, -0.15) is 9.30 Å². The Labute approximate surface area is 216 Å². The summed E-state index contributed by atoms with van der Waals surface area (Å²) >= 11 is 1.17. The van der Waals surface area contributed by atoms with Crippen LogP contribution in [-0.4, -0.2) is 71.9 Å². The van der Waals surface area contributed by atoms with Gasteiger partial charge in [0.25, 0.3) is 11.6 Å². The van der Waals surface area contributed by atoms with Crippen LogP contribution in [0.4, 0.5) is 10.5 Å². The number of nitro benzene ring substituents is 1. The number of carbonyl (C=O) groups excluding carboxylic acids is 2. The second-order valence-corrected chi connectivity index (χ2v) is 11.0. The van der Waals surface area contributed by atoms with Crippen LogP contribution in [0.15, 0.2) is 52.4 Å². The maximum atomic E-state index is 13.1. The Hall–Kier alpha value is -3.62. The minimum atomic E-state index is -3.81. The molecule has 1 aliphatic heterocycles. The average molecular weight is 548 g/mol. The van der Waals surface area contributed by atoms with Crippen LogP contribution in [0.2, 0.25) is 0 Å². The highest BCUT2D eigenvalue weighted by molar-refractivity contribution is 7.89. The summed E-state index contributed by atoms with van der Waals surface area (Å²) in [6.45, 7) is 5.06. The molecule has 1 aromatic heterocycles.